The third kappa shape index (κ3) is 14.4. The van der Waals surface area contributed by atoms with Gasteiger partial charge in [-0.3, -0.25) is 14.1 Å². The SMILES string of the molecule is CC(C)c1cccc(C(C)C)c1-n1c(=O)c2cc(Oc3c(-c4cc[c-]cc4)c[c-]cc3-c3cc[c-]cc3)c3c4ccccc4n(-c4ccccc4)c4c(Oc5c(-c6ccc(S(=O)(=O)[O-])cc6)cc(S(=O)(=O)O)cc5-c5ccc(S(=O)(=O)[O-])cc5)cc(c1=O)c2c34.[Na+].[Na+].[Na+].[Na+].[Na+]. The van der Waals surface area contributed by atoms with Crippen LogP contribution in [0, 0.1) is 18.2 Å². The molecular weight excluding hydrogens is 1310 g/mol. The normalized spacial score (nSPS) is 11.6. The van der Waals surface area contributed by atoms with Crippen LogP contribution < -0.4 is 168 Å². The van der Waals surface area contributed by atoms with Crippen molar-refractivity contribution in [3.8, 4) is 78.9 Å². The van der Waals surface area contributed by atoms with E-state index in [0.717, 1.165) is 47.5 Å². The Morgan fingerprint density at radius 1 is 0.432 bits per heavy atom. The summed E-state index contributed by atoms with van der Waals surface area (Å²) in [4.78, 5) is 30.8. The molecule has 2 aromatic heterocycles. The molecular formula is C72H49N2Na5O13S3. The molecule has 0 amide bonds. The van der Waals surface area contributed by atoms with E-state index in [1.165, 1.54) is 34.9 Å². The van der Waals surface area contributed by atoms with Crippen LogP contribution in [0.2, 0.25) is 0 Å². The number of fused-ring (bicyclic) bond motifs is 2. The summed E-state index contributed by atoms with van der Waals surface area (Å²) < 4.78 is 130. The molecule has 0 fully saturated rings. The summed E-state index contributed by atoms with van der Waals surface area (Å²) in [5.74, 6) is -0.119. The molecule has 95 heavy (non-hydrogen) atoms. The Kier molecular flexibility index (Phi) is 24.1. The Balaban J connectivity index is 0.00000231. The van der Waals surface area contributed by atoms with Crippen LogP contribution in [0.5, 0.6) is 23.0 Å². The first kappa shape index (κ1) is 75.7. The number of ether oxygens (including phenoxy) is 2. The van der Waals surface area contributed by atoms with Crippen molar-refractivity contribution in [3.05, 3.63) is 256 Å². The largest absolute Gasteiger partial charge is 1.00 e. The maximum absolute atomic E-state index is 16.4. The molecule has 0 unspecified atom stereocenters. The molecule has 0 spiro atoms. The fraction of sp³-hybridized carbons (Fsp3) is 0.0833. The van der Waals surface area contributed by atoms with Crippen LogP contribution in [-0.4, -0.2) is 48.0 Å². The monoisotopic (exact) mass is 1360 g/mol. The number of rotatable bonds is 15. The number of hydrogen-bond acceptors (Lipinski definition) is 12. The minimum absolute atomic E-state index is 0. The van der Waals surface area contributed by atoms with Gasteiger partial charge in [0.25, 0.3) is 21.2 Å². The third-order valence-corrected chi connectivity index (χ3v) is 18.6. The van der Waals surface area contributed by atoms with Gasteiger partial charge < -0.3 is 23.1 Å². The Hall–Kier alpha value is -5.05. The predicted molar refractivity (Wildman–Crippen MR) is 344 cm³/mol. The molecule has 0 aliphatic heterocycles. The van der Waals surface area contributed by atoms with Gasteiger partial charge in [0.1, 0.15) is 31.7 Å². The molecule has 0 aliphatic rings. The van der Waals surface area contributed by atoms with Gasteiger partial charge in [-0.25, -0.2) is 21.4 Å². The van der Waals surface area contributed by atoms with Gasteiger partial charge in [-0.2, -0.15) is 98.4 Å². The van der Waals surface area contributed by atoms with Crippen molar-refractivity contribution in [1.82, 2.24) is 9.13 Å². The van der Waals surface area contributed by atoms with E-state index in [-0.39, 0.29) is 221 Å². The van der Waals surface area contributed by atoms with Crippen LogP contribution in [0.4, 0.5) is 0 Å². The van der Waals surface area contributed by atoms with Gasteiger partial charge in [-0.1, -0.05) is 107 Å². The summed E-state index contributed by atoms with van der Waals surface area (Å²) in [6.45, 7) is 7.89. The van der Waals surface area contributed by atoms with Gasteiger partial charge in [0.15, 0.2) is 5.75 Å². The number of nitrogens with zero attached hydrogens (tertiary/aromatic N) is 2. The van der Waals surface area contributed by atoms with E-state index >= 15 is 9.59 Å². The first-order chi connectivity index (χ1) is 43.1. The first-order valence-electron chi connectivity index (χ1n) is 28.3. The van der Waals surface area contributed by atoms with Gasteiger partial charge in [0.05, 0.1) is 42.2 Å². The Bertz CT molecular complexity index is 5370. The minimum Gasteiger partial charge on any atom is -0.744 e. The summed E-state index contributed by atoms with van der Waals surface area (Å²) in [5.41, 5.74) is 4.48. The van der Waals surface area contributed by atoms with E-state index in [1.54, 1.807) is 30.3 Å². The summed E-state index contributed by atoms with van der Waals surface area (Å²) >= 11 is 0. The van der Waals surface area contributed by atoms with E-state index in [1.807, 2.05) is 141 Å². The molecule has 0 radical (unpaired) electrons. The molecule has 23 heteroatoms. The summed E-state index contributed by atoms with van der Waals surface area (Å²) in [6, 6.07) is 64.6. The van der Waals surface area contributed by atoms with E-state index in [4.69, 9.17) is 9.47 Å². The van der Waals surface area contributed by atoms with Crippen molar-refractivity contribution in [2.24, 2.45) is 0 Å². The molecule has 13 aromatic rings. The number of pyridine rings is 2. The van der Waals surface area contributed by atoms with E-state index in [2.05, 4.69) is 18.2 Å². The van der Waals surface area contributed by atoms with E-state index in [0.29, 0.717) is 61.1 Å². The molecule has 0 saturated heterocycles. The second-order valence-electron chi connectivity index (χ2n) is 22.2. The molecule has 1 N–H and O–H groups in total. The van der Waals surface area contributed by atoms with Gasteiger partial charge >= 0.3 is 148 Å². The molecule has 11 aromatic carbocycles. The molecule has 0 atom stereocenters. The van der Waals surface area contributed by atoms with Crippen LogP contribution in [0.1, 0.15) is 50.7 Å². The van der Waals surface area contributed by atoms with Crippen molar-refractivity contribution in [2.45, 2.75) is 54.2 Å². The second-order valence-corrected chi connectivity index (χ2v) is 26.4. The van der Waals surface area contributed by atoms with Gasteiger partial charge in [0, 0.05) is 44.1 Å². The molecule has 15 nitrogen and oxygen atoms in total. The van der Waals surface area contributed by atoms with E-state index in [9.17, 15) is 38.9 Å². The van der Waals surface area contributed by atoms with Crippen molar-refractivity contribution in [2.75, 3.05) is 0 Å². The van der Waals surface area contributed by atoms with E-state index < -0.39 is 56.2 Å². The smallest absolute Gasteiger partial charge is 0.744 e. The fourth-order valence-electron chi connectivity index (χ4n) is 12.0. The van der Waals surface area contributed by atoms with Gasteiger partial charge in [-0.15, -0.1) is 11.1 Å². The van der Waals surface area contributed by atoms with Gasteiger partial charge in [0.2, 0.25) is 0 Å². The summed E-state index contributed by atoms with van der Waals surface area (Å²) in [6.07, 6.45) is 0. The predicted octanol–water partition coefficient (Wildman–Crippen LogP) is 0.0139. The average Bonchev–Trinajstić information content (AvgIpc) is 0.688. The topological polar surface area (TPSA) is 231 Å². The van der Waals surface area contributed by atoms with Crippen molar-refractivity contribution in [1.29, 1.82) is 0 Å². The Morgan fingerprint density at radius 3 is 1.33 bits per heavy atom. The van der Waals surface area contributed by atoms with Crippen LogP contribution in [-0.2, 0) is 30.4 Å². The number of para-hydroxylation sites is 3. The van der Waals surface area contributed by atoms with Gasteiger partial charge in [-0.05, 0) is 101 Å². The quantitative estimate of drug-likeness (QED) is 0.0470. The first-order valence-corrected chi connectivity index (χ1v) is 32.6. The van der Waals surface area contributed by atoms with Crippen molar-refractivity contribution in [3.63, 3.8) is 0 Å². The fourth-order valence-corrected chi connectivity index (χ4v) is 13.4. The third-order valence-electron chi connectivity index (χ3n) is 16.1. The zero-order chi connectivity index (χ0) is 63.1. The summed E-state index contributed by atoms with van der Waals surface area (Å²) in [5, 5.41) is 1.65. The molecule has 13 rings (SSSR count). The van der Waals surface area contributed by atoms with Crippen molar-refractivity contribution >= 4 is 73.7 Å². The minimum atomic E-state index is -5.13. The van der Waals surface area contributed by atoms with Crippen LogP contribution in [0.3, 0.4) is 0 Å². The molecule has 2 heterocycles. The average molecular weight is 1360 g/mol. The standard InChI is InChI=1S/C72H51N2O13S3.5Na/c1-42(2)52-25-16-26-53(43(3)4)67(52)74-71(75)59-40-62(86-69-54(44-18-8-5-9-19-44)27-17-28-55(69)45-20-10-6-11-21-45)65-56-24-14-15-29-61(56)73(48-22-12-7-13-23-48)68-63(41-60(72(74)76)64(59)66(65)68)87-70-57(46-30-34-49(35-31-46)88(77,78)79)38-51(90(83,84)85)39-58(70)47-32-36-50(37-33-47)89(80,81)82;;;;;/h7-16,18-43H,1-4H3,(H,77,78,79)(H,80,81,82)(H,83,84,85);;;;;/q-3;5*+1/p-2. The zero-order valence-corrected chi connectivity index (χ0v) is 65.7. The number of hydrogen-bond donors (Lipinski definition) is 1. The van der Waals surface area contributed by atoms with Crippen molar-refractivity contribution < 1.29 is 196 Å². The summed E-state index contributed by atoms with van der Waals surface area (Å²) in [7, 11) is -15.2. The molecule has 0 aliphatic carbocycles. The Labute approximate surface area is 659 Å². The second kappa shape index (κ2) is 30.2. The van der Waals surface area contributed by atoms with Crippen LogP contribution in [0.15, 0.2) is 231 Å². The maximum Gasteiger partial charge on any atom is 1.00 e. The molecule has 0 bridgehead atoms. The Morgan fingerprint density at radius 2 is 0.863 bits per heavy atom. The number of benzene rings is 11. The number of aromatic nitrogens is 2. The maximum atomic E-state index is 16.4. The zero-order valence-electron chi connectivity index (χ0n) is 53.2. The molecule has 448 valence electrons. The molecule has 0 saturated carbocycles. The van der Waals surface area contributed by atoms with Crippen LogP contribution >= 0.6 is 0 Å². The van der Waals surface area contributed by atoms with Crippen LogP contribution in [0.25, 0.3) is 99.2 Å².